The number of hydrogen-bond acceptors (Lipinski definition) is 5. The van der Waals surface area contributed by atoms with Crippen LogP contribution in [-0.2, 0) is 0 Å². The number of aliphatic hydroxyl groups is 1. The zero-order valence-corrected chi connectivity index (χ0v) is 11.8. The minimum absolute atomic E-state index is 0.0152. The highest BCUT2D eigenvalue weighted by Gasteiger charge is 2.36. The fraction of sp³-hybridized carbons (Fsp3) is 0.714. The van der Waals surface area contributed by atoms with Gasteiger partial charge >= 0.3 is 0 Å². The number of piperidine rings is 1. The third-order valence-corrected chi connectivity index (χ3v) is 3.80. The van der Waals surface area contributed by atoms with Crippen LogP contribution in [0.1, 0.15) is 33.1 Å². The van der Waals surface area contributed by atoms with Gasteiger partial charge < -0.3 is 15.7 Å². The van der Waals surface area contributed by atoms with Gasteiger partial charge in [0, 0.05) is 18.5 Å². The quantitative estimate of drug-likeness (QED) is 0.865. The van der Waals surface area contributed by atoms with Crippen molar-refractivity contribution in [1.29, 1.82) is 0 Å². The molecule has 0 aliphatic carbocycles. The van der Waals surface area contributed by atoms with Crippen LogP contribution in [0.3, 0.4) is 0 Å². The zero-order valence-electron chi connectivity index (χ0n) is 11.8. The van der Waals surface area contributed by atoms with E-state index in [4.69, 9.17) is 5.73 Å². The van der Waals surface area contributed by atoms with Gasteiger partial charge in [0.05, 0.1) is 19.0 Å². The molecule has 2 rings (SSSR count). The molecule has 0 saturated carbocycles. The molecule has 1 atom stereocenters. The van der Waals surface area contributed by atoms with Crippen molar-refractivity contribution < 1.29 is 5.11 Å². The topological polar surface area (TPSA) is 75.3 Å². The van der Waals surface area contributed by atoms with Crippen molar-refractivity contribution in [2.24, 2.45) is 11.3 Å². The van der Waals surface area contributed by atoms with E-state index >= 15 is 0 Å². The molecule has 0 radical (unpaired) electrons. The number of aliphatic hydroxyl groups excluding tert-OH is 1. The number of nitrogen functional groups attached to an aromatic ring is 1. The first-order chi connectivity index (χ1) is 9.04. The van der Waals surface area contributed by atoms with Gasteiger partial charge in [-0.1, -0.05) is 13.8 Å². The van der Waals surface area contributed by atoms with Gasteiger partial charge in [0.15, 0.2) is 0 Å². The summed E-state index contributed by atoms with van der Waals surface area (Å²) in [5.41, 5.74) is 5.68. The third-order valence-electron chi connectivity index (χ3n) is 3.80. The molecule has 106 valence electrons. The molecule has 5 nitrogen and oxygen atoms in total. The molecule has 1 aliphatic rings. The summed E-state index contributed by atoms with van der Waals surface area (Å²) in [4.78, 5) is 10.6. The second-order valence-corrected chi connectivity index (χ2v) is 6.08. The average molecular weight is 264 g/mol. The van der Waals surface area contributed by atoms with Crippen molar-refractivity contribution in [3.63, 3.8) is 0 Å². The van der Waals surface area contributed by atoms with Gasteiger partial charge in [0.1, 0.15) is 11.6 Å². The fourth-order valence-electron chi connectivity index (χ4n) is 3.15. The molecule has 1 aromatic heterocycles. The standard InChI is InChI=1S/C14H24N4O/c1-11(2)6-14(10-19)4-3-5-18(9-14)13-8-16-7-12(15)17-13/h7-8,11,19H,3-6,9-10H2,1-2H3,(H2,15,17). The molecular formula is C14H24N4O. The van der Waals surface area contributed by atoms with E-state index in [-0.39, 0.29) is 12.0 Å². The maximum absolute atomic E-state index is 9.82. The highest BCUT2D eigenvalue weighted by Crippen LogP contribution is 2.37. The molecule has 0 aromatic carbocycles. The second kappa shape index (κ2) is 5.74. The van der Waals surface area contributed by atoms with Crippen LogP contribution in [0.2, 0.25) is 0 Å². The van der Waals surface area contributed by atoms with Crippen LogP contribution in [0.4, 0.5) is 11.6 Å². The summed E-state index contributed by atoms with van der Waals surface area (Å²) in [7, 11) is 0. The normalized spacial score (nSPS) is 23.9. The van der Waals surface area contributed by atoms with E-state index in [1.54, 1.807) is 12.4 Å². The Hall–Kier alpha value is -1.36. The molecule has 1 aromatic rings. The van der Waals surface area contributed by atoms with Crippen molar-refractivity contribution in [2.75, 3.05) is 30.3 Å². The van der Waals surface area contributed by atoms with Gasteiger partial charge in [-0.05, 0) is 25.2 Å². The lowest BCUT2D eigenvalue weighted by Gasteiger charge is -2.43. The van der Waals surface area contributed by atoms with Crippen molar-refractivity contribution in [2.45, 2.75) is 33.1 Å². The summed E-state index contributed by atoms with van der Waals surface area (Å²) in [5.74, 6) is 1.85. The Balaban J connectivity index is 2.15. The average Bonchev–Trinajstić information content (AvgIpc) is 2.38. The Bertz CT molecular complexity index is 424. The molecule has 1 fully saturated rings. The Kier molecular flexibility index (Phi) is 4.24. The highest BCUT2D eigenvalue weighted by atomic mass is 16.3. The van der Waals surface area contributed by atoms with Crippen LogP contribution in [0, 0.1) is 11.3 Å². The van der Waals surface area contributed by atoms with Gasteiger partial charge in [0.2, 0.25) is 0 Å². The lowest BCUT2D eigenvalue weighted by molar-refractivity contribution is 0.0830. The first-order valence-corrected chi connectivity index (χ1v) is 6.98. The Morgan fingerprint density at radius 3 is 2.89 bits per heavy atom. The Labute approximate surface area is 114 Å². The monoisotopic (exact) mass is 264 g/mol. The van der Waals surface area contributed by atoms with E-state index in [0.29, 0.717) is 11.7 Å². The Morgan fingerprint density at radius 2 is 2.26 bits per heavy atom. The van der Waals surface area contributed by atoms with Crippen LogP contribution in [0.15, 0.2) is 12.4 Å². The van der Waals surface area contributed by atoms with E-state index in [2.05, 4.69) is 28.7 Å². The lowest BCUT2D eigenvalue weighted by Crippen LogP contribution is -2.46. The number of aromatic nitrogens is 2. The van der Waals surface area contributed by atoms with E-state index < -0.39 is 0 Å². The molecule has 0 amide bonds. The molecular weight excluding hydrogens is 240 g/mol. The molecule has 3 N–H and O–H groups in total. The molecule has 19 heavy (non-hydrogen) atoms. The van der Waals surface area contributed by atoms with E-state index in [1.807, 2.05) is 0 Å². The van der Waals surface area contributed by atoms with Gasteiger partial charge in [0.25, 0.3) is 0 Å². The highest BCUT2D eigenvalue weighted by molar-refractivity contribution is 5.42. The fourth-order valence-corrected chi connectivity index (χ4v) is 3.15. The van der Waals surface area contributed by atoms with Gasteiger partial charge in [-0.15, -0.1) is 0 Å². The van der Waals surface area contributed by atoms with Gasteiger partial charge in [-0.25, -0.2) is 4.98 Å². The maximum Gasteiger partial charge on any atom is 0.149 e. The maximum atomic E-state index is 9.82. The van der Waals surface area contributed by atoms with E-state index in [9.17, 15) is 5.11 Å². The summed E-state index contributed by atoms with van der Waals surface area (Å²) in [6.45, 7) is 6.43. The SMILES string of the molecule is CC(C)CC1(CO)CCCN(c2cncc(N)n2)C1. The molecule has 2 heterocycles. The van der Waals surface area contributed by atoms with Crippen LogP contribution in [0.25, 0.3) is 0 Å². The number of hydrogen-bond donors (Lipinski definition) is 2. The molecule has 5 heteroatoms. The van der Waals surface area contributed by atoms with Crippen LogP contribution >= 0.6 is 0 Å². The summed E-state index contributed by atoms with van der Waals surface area (Å²) in [5, 5.41) is 9.82. The van der Waals surface area contributed by atoms with Crippen molar-refractivity contribution in [3.05, 3.63) is 12.4 Å². The third kappa shape index (κ3) is 3.35. The zero-order chi connectivity index (χ0) is 13.9. The Morgan fingerprint density at radius 1 is 1.47 bits per heavy atom. The first-order valence-electron chi connectivity index (χ1n) is 6.98. The van der Waals surface area contributed by atoms with Crippen molar-refractivity contribution in [1.82, 2.24) is 9.97 Å². The minimum Gasteiger partial charge on any atom is -0.396 e. The molecule has 1 aliphatic heterocycles. The molecule has 0 spiro atoms. The smallest absolute Gasteiger partial charge is 0.149 e. The summed E-state index contributed by atoms with van der Waals surface area (Å²) < 4.78 is 0. The number of nitrogens with zero attached hydrogens (tertiary/aromatic N) is 3. The predicted octanol–water partition coefficient (Wildman–Crippen LogP) is 1.68. The van der Waals surface area contributed by atoms with E-state index in [1.165, 1.54) is 0 Å². The van der Waals surface area contributed by atoms with Crippen molar-refractivity contribution >= 4 is 11.6 Å². The number of anilines is 2. The van der Waals surface area contributed by atoms with Gasteiger partial charge in [-0.3, -0.25) is 4.98 Å². The first kappa shape index (κ1) is 14.1. The van der Waals surface area contributed by atoms with E-state index in [0.717, 1.165) is 38.2 Å². The number of rotatable bonds is 4. The van der Waals surface area contributed by atoms with Crippen LogP contribution in [0.5, 0.6) is 0 Å². The summed E-state index contributed by atoms with van der Waals surface area (Å²) in [6.07, 6.45) is 6.49. The summed E-state index contributed by atoms with van der Waals surface area (Å²) in [6, 6.07) is 0. The second-order valence-electron chi connectivity index (χ2n) is 6.08. The predicted molar refractivity (Wildman–Crippen MR) is 76.9 cm³/mol. The lowest BCUT2D eigenvalue weighted by atomic mass is 9.74. The van der Waals surface area contributed by atoms with Crippen molar-refractivity contribution in [3.8, 4) is 0 Å². The number of nitrogens with two attached hydrogens (primary N) is 1. The van der Waals surface area contributed by atoms with Gasteiger partial charge in [-0.2, -0.15) is 0 Å². The minimum atomic E-state index is -0.0152. The van der Waals surface area contributed by atoms with Crippen LogP contribution in [-0.4, -0.2) is 34.8 Å². The molecule has 1 unspecified atom stereocenters. The van der Waals surface area contributed by atoms with Crippen LogP contribution < -0.4 is 10.6 Å². The molecule has 1 saturated heterocycles. The molecule has 0 bridgehead atoms. The largest absolute Gasteiger partial charge is 0.396 e. The summed E-state index contributed by atoms with van der Waals surface area (Å²) >= 11 is 0.